The Balaban J connectivity index is 0.000000260. The number of carbonyl (C=O) groups is 1. The molecule has 1 aromatic heterocycles. The molecule has 3 unspecified atom stereocenters. The summed E-state index contributed by atoms with van der Waals surface area (Å²) in [7, 11) is 0.677. The van der Waals surface area contributed by atoms with Gasteiger partial charge < -0.3 is 25.1 Å². The number of alkyl halides is 9. The molecule has 3 atom stereocenters. The number of aliphatic hydroxyl groups excluding tert-OH is 1. The lowest BCUT2D eigenvalue weighted by molar-refractivity contribution is -0.705. The summed E-state index contributed by atoms with van der Waals surface area (Å²) in [6.45, 7) is 0.745. The van der Waals surface area contributed by atoms with Crippen molar-refractivity contribution in [2.24, 2.45) is 0 Å². The maximum atomic E-state index is 13.2. The largest absolute Gasteiger partial charge is 0.546 e. The number of rotatable bonds is 5. The molecule has 230 valence electrons. The van der Waals surface area contributed by atoms with Crippen molar-refractivity contribution in [2.45, 2.75) is 55.5 Å². The number of benzene rings is 2. The van der Waals surface area contributed by atoms with Crippen molar-refractivity contribution in [3.63, 3.8) is 0 Å². The van der Waals surface area contributed by atoms with Gasteiger partial charge in [-0.3, -0.25) is 0 Å². The molecule has 0 spiro atoms. The number of carboxylic acids is 1. The Morgan fingerprint density at radius 2 is 1.60 bits per heavy atom. The summed E-state index contributed by atoms with van der Waals surface area (Å²) in [5.74, 6) is -2.34. The molecule has 1 fully saturated rings. The van der Waals surface area contributed by atoms with Gasteiger partial charge in [-0.05, 0) is 42.2 Å². The Kier molecular flexibility index (Phi) is 9.79. The Hall–Kier alpha value is -3.43. The van der Waals surface area contributed by atoms with E-state index in [0.717, 1.165) is 49.7 Å². The standard InChI is InChI=1S/C17H16F6N2O.C10H9F3O3/c18-16(19,20)9-4-5-10-11(15(26)12-3-1-2-6-24-12)8-14(17(21,22)23)25-13(10)7-9;1-16-9(8(14)15,10(11,12)13)7-5-3-2-4-6-7/h4-5,7-8,12,15,24,26H,1-3,6H2;2-6H,1H3,(H,14,15). The molecule has 2 aromatic carbocycles. The molecule has 1 aliphatic rings. The first-order valence-electron chi connectivity index (χ1n) is 12.4. The summed E-state index contributed by atoms with van der Waals surface area (Å²) in [4.78, 5) is 14.1. The zero-order valence-electron chi connectivity index (χ0n) is 21.8. The summed E-state index contributed by atoms with van der Waals surface area (Å²) in [6.07, 6.45) is -13.4. The molecular weight excluding hydrogens is 587 g/mol. The van der Waals surface area contributed by atoms with E-state index in [2.05, 4.69) is 9.72 Å². The second kappa shape index (κ2) is 12.4. The van der Waals surface area contributed by atoms with Crippen molar-refractivity contribution in [3.05, 3.63) is 77.0 Å². The fourth-order valence-electron chi connectivity index (χ4n) is 4.70. The maximum absolute atomic E-state index is 13.2. The lowest BCUT2D eigenvalue weighted by Gasteiger charge is -2.35. The van der Waals surface area contributed by atoms with Crippen molar-refractivity contribution in [3.8, 4) is 0 Å². The summed E-state index contributed by atoms with van der Waals surface area (Å²) in [5, 5.41) is 23.3. The monoisotopic (exact) mass is 612 g/mol. The lowest BCUT2D eigenvalue weighted by atomic mass is 9.92. The van der Waals surface area contributed by atoms with Gasteiger partial charge in [0.1, 0.15) is 17.8 Å². The van der Waals surface area contributed by atoms with Gasteiger partial charge in [0, 0.05) is 18.9 Å². The molecule has 15 heteroatoms. The summed E-state index contributed by atoms with van der Waals surface area (Å²) < 4.78 is 121. The Morgan fingerprint density at radius 3 is 2.07 bits per heavy atom. The fourth-order valence-corrected chi connectivity index (χ4v) is 4.70. The molecule has 0 saturated carbocycles. The van der Waals surface area contributed by atoms with Crippen LogP contribution in [0.4, 0.5) is 39.5 Å². The number of fused-ring (bicyclic) bond motifs is 1. The van der Waals surface area contributed by atoms with Crippen LogP contribution in [0.25, 0.3) is 10.9 Å². The van der Waals surface area contributed by atoms with Crippen LogP contribution in [0.5, 0.6) is 0 Å². The van der Waals surface area contributed by atoms with Gasteiger partial charge in [-0.15, -0.1) is 0 Å². The second-order valence-electron chi connectivity index (χ2n) is 9.49. The first-order valence-corrected chi connectivity index (χ1v) is 12.4. The van der Waals surface area contributed by atoms with Gasteiger partial charge in [0.05, 0.1) is 23.6 Å². The van der Waals surface area contributed by atoms with Crippen molar-refractivity contribution >= 4 is 16.9 Å². The number of nitrogens with two attached hydrogens (primary N) is 1. The van der Waals surface area contributed by atoms with E-state index in [-0.39, 0.29) is 17.0 Å². The Morgan fingerprint density at radius 1 is 0.952 bits per heavy atom. The summed E-state index contributed by atoms with van der Waals surface area (Å²) in [6, 6.07) is 8.95. The molecule has 3 N–H and O–H groups in total. The number of aromatic nitrogens is 1. The number of aliphatic carboxylic acids is 1. The van der Waals surface area contributed by atoms with Crippen molar-refractivity contribution in [1.82, 2.24) is 4.98 Å². The highest BCUT2D eigenvalue weighted by molar-refractivity contribution is 5.84. The molecule has 2 heterocycles. The number of quaternary nitrogens is 1. The van der Waals surface area contributed by atoms with Gasteiger partial charge in [0.25, 0.3) is 0 Å². The van der Waals surface area contributed by atoms with Crippen molar-refractivity contribution < 1.29 is 64.6 Å². The number of ether oxygens (including phenoxy) is 1. The van der Waals surface area contributed by atoms with Crippen LogP contribution in [-0.2, 0) is 27.5 Å². The van der Waals surface area contributed by atoms with E-state index < -0.39 is 58.5 Å². The number of carbonyl (C=O) groups excluding carboxylic acids is 1. The molecule has 4 rings (SSSR count). The van der Waals surface area contributed by atoms with Gasteiger partial charge >= 0.3 is 18.5 Å². The number of halogens is 9. The van der Waals surface area contributed by atoms with Gasteiger partial charge in [0.2, 0.25) is 5.60 Å². The average Bonchev–Trinajstić information content (AvgIpc) is 2.92. The van der Waals surface area contributed by atoms with Crippen LogP contribution >= 0.6 is 0 Å². The molecule has 0 radical (unpaired) electrons. The number of piperidine rings is 1. The van der Waals surface area contributed by atoms with Gasteiger partial charge in [-0.1, -0.05) is 36.4 Å². The Labute approximate surface area is 233 Å². The first kappa shape index (κ1) is 33.1. The molecule has 1 aliphatic heterocycles. The molecule has 42 heavy (non-hydrogen) atoms. The van der Waals surface area contributed by atoms with E-state index in [1.165, 1.54) is 18.2 Å². The smallest absolute Gasteiger partial charge is 0.433 e. The second-order valence-corrected chi connectivity index (χ2v) is 9.49. The molecule has 3 aromatic rings. The number of nitrogens with zero attached hydrogens (tertiary/aromatic N) is 1. The quantitative estimate of drug-likeness (QED) is 0.420. The van der Waals surface area contributed by atoms with Crippen LogP contribution < -0.4 is 10.4 Å². The molecule has 0 bridgehead atoms. The van der Waals surface area contributed by atoms with E-state index in [1.807, 2.05) is 5.32 Å². The van der Waals surface area contributed by atoms with E-state index in [4.69, 9.17) is 0 Å². The number of carboxylic acid groups (broad SMARTS) is 1. The molecule has 6 nitrogen and oxygen atoms in total. The Bertz CT molecular complexity index is 1370. The van der Waals surface area contributed by atoms with E-state index >= 15 is 0 Å². The third-order valence-corrected chi connectivity index (χ3v) is 6.82. The minimum Gasteiger partial charge on any atom is -0.546 e. The minimum atomic E-state index is -5.10. The minimum absolute atomic E-state index is 0.0424. The number of hydrogen-bond donors (Lipinski definition) is 2. The van der Waals surface area contributed by atoms with Gasteiger partial charge in [-0.2, -0.15) is 39.5 Å². The van der Waals surface area contributed by atoms with Crippen LogP contribution in [0.1, 0.15) is 47.8 Å². The van der Waals surface area contributed by atoms with Crippen LogP contribution in [0.2, 0.25) is 0 Å². The molecule has 1 saturated heterocycles. The predicted molar refractivity (Wildman–Crippen MR) is 127 cm³/mol. The van der Waals surface area contributed by atoms with Crippen molar-refractivity contribution in [2.75, 3.05) is 13.7 Å². The highest BCUT2D eigenvalue weighted by Crippen LogP contribution is 2.41. The zero-order valence-corrected chi connectivity index (χ0v) is 21.8. The lowest BCUT2D eigenvalue weighted by Crippen LogP contribution is -2.92. The molecular formula is C27H25F9N2O4. The van der Waals surface area contributed by atoms with Crippen LogP contribution in [0.3, 0.4) is 0 Å². The number of pyridine rings is 1. The third kappa shape index (κ3) is 6.95. The van der Waals surface area contributed by atoms with Gasteiger partial charge in [-0.25, -0.2) is 4.98 Å². The van der Waals surface area contributed by atoms with E-state index in [1.54, 1.807) is 0 Å². The normalized spacial score (nSPS) is 18.5. The molecule has 0 amide bonds. The van der Waals surface area contributed by atoms with E-state index in [0.29, 0.717) is 19.6 Å². The predicted octanol–water partition coefficient (Wildman–Crippen LogP) is 4.26. The zero-order chi connectivity index (χ0) is 31.5. The fraction of sp³-hybridized carbons (Fsp3) is 0.407. The number of methoxy groups -OCH3 is 1. The van der Waals surface area contributed by atoms with E-state index in [9.17, 15) is 54.5 Å². The maximum Gasteiger partial charge on any atom is 0.433 e. The van der Waals surface area contributed by atoms with Crippen LogP contribution in [-0.4, -0.2) is 41.9 Å². The molecule has 0 aliphatic carbocycles. The highest BCUT2D eigenvalue weighted by atomic mass is 19.4. The first-order chi connectivity index (χ1) is 19.4. The topological polar surface area (TPSA) is 99.1 Å². The average molecular weight is 612 g/mol. The highest BCUT2D eigenvalue weighted by Gasteiger charge is 2.58. The SMILES string of the molecule is COC(C(=O)[O-])(c1ccccc1)C(F)(F)F.OC(c1cc(C(F)(F)F)nc2cc(C(F)(F)F)ccc12)C1CCCC[NH2+]1. The number of aliphatic hydroxyl groups is 1. The third-order valence-electron chi connectivity index (χ3n) is 6.82. The number of hydrogen-bond acceptors (Lipinski definition) is 5. The van der Waals surface area contributed by atoms with Crippen LogP contribution in [0.15, 0.2) is 54.6 Å². The summed E-state index contributed by atoms with van der Waals surface area (Å²) >= 11 is 0. The van der Waals surface area contributed by atoms with Crippen molar-refractivity contribution in [1.29, 1.82) is 0 Å². The van der Waals surface area contributed by atoms with Gasteiger partial charge in [0.15, 0.2) is 0 Å². The summed E-state index contributed by atoms with van der Waals surface area (Å²) in [5.41, 5.74) is -6.81. The van der Waals surface area contributed by atoms with Crippen LogP contribution in [0, 0.1) is 0 Å².